The molecule has 0 bridgehead atoms. The Bertz CT molecular complexity index is 197. The molecule has 0 spiro atoms. The normalized spacial score (nSPS) is 14.4. The molecule has 4 heteroatoms. The first-order valence-corrected chi connectivity index (χ1v) is 8.49. The molecular weight excluding hydrogens is 206 g/mol. The average Bonchev–Trinajstić information content (AvgIpc) is 1.99. The molecule has 0 fully saturated rings. The van der Waals surface area contributed by atoms with Crippen molar-refractivity contribution in [1.29, 1.82) is 0 Å². The molecule has 1 N–H and O–H groups in total. The molecule has 0 radical (unpaired) electrons. The Morgan fingerprint density at radius 3 is 2.00 bits per heavy atom. The summed E-state index contributed by atoms with van der Waals surface area (Å²) in [6.45, 7) is 12.9. The molecular formula is C11H28NO2Si+. The predicted molar refractivity (Wildman–Crippen MR) is 67.2 cm³/mol. The van der Waals surface area contributed by atoms with E-state index in [1.54, 1.807) is 0 Å². The molecule has 15 heavy (non-hydrogen) atoms. The second-order valence-corrected chi connectivity index (χ2v) is 11.2. The largest absolute Gasteiger partial charge is 0.391 e. The van der Waals surface area contributed by atoms with E-state index in [1.807, 2.05) is 0 Å². The van der Waals surface area contributed by atoms with E-state index < -0.39 is 8.32 Å². The third-order valence-electron chi connectivity index (χ3n) is 3.29. The molecule has 0 aliphatic carbocycles. The van der Waals surface area contributed by atoms with Gasteiger partial charge in [-0.25, -0.2) is 0 Å². The SMILES string of the molecule is CC(C)(C)[Si](C)(C)OC[N+](C)(C)CCO. The van der Waals surface area contributed by atoms with Crippen LogP contribution in [0.3, 0.4) is 0 Å². The molecule has 0 amide bonds. The zero-order valence-corrected chi connectivity index (χ0v) is 12.4. The third kappa shape index (κ3) is 5.11. The van der Waals surface area contributed by atoms with Crippen molar-refractivity contribution >= 4 is 8.32 Å². The zero-order valence-electron chi connectivity index (χ0n) is 11.4. The molecule has 3 nitrogen and oxygen atoms in total. The Kier molecular flexibility index (Phi) is 4.98. The van der Waals surface area contributed by atoms with Crippen LogP contribution in [0.25, 0.3) is 0 Å². The van der Waals surface area contributed by atoms with Gasteiger partial charge >= 0.3 is 0 Å². The molecule has 0 aromatic carbocycles. The van der Waals surface area contributed by atoms with Crippen LogP contribution < -0.4 is 0 Å². The number of aliphatic hydroxyl groups is 1. The number of aliphatic hydroxyl groups excluding tert-OH is 1. The van der Waals surface area contributed by atoms with E-state index in [9.17, 15) is 0 Å². The number of hydrogen-bond donors (Lipinski definition) is 1. The third-order valence-corrected chi connectivity index (χ3v) is 7.75. The van der Waals surface area contributed by atoms with Gasteiger partial charge in [-0.05, 0) is 18.1 Å². The minimum absolute atomic E-state index is 0.216. The number of hydrogen-bond acceptors (Lipinski definition) is 2. The molecule has 0 saturated heterocycles. The van der Waals surface area contributed by atoms with Gasteiger partial charge in [-0.2, -0.15) is 0 Å². The molecule has 0 saturated carbocycles. The lowest BCUT2D eigenvalue weighted by atomic mass is 10.2. The van der Waals surface area contributed by atoms with Crippen LogP contribution in [-0.4, -0.2) is 51.9 Å². The molecule has 0 aromatic heterocycles. The first kappa shape index (κ1) is 15.1. The standard InChI is InChI=1S/C11H28NO2Si/c1-11(2,3)15(6,7)14-10-12(4,5)8-9-13/h13H,8-10H2,1-7H3/q+1. The summed E-state index contributed by atoms with van der Waals surface area (Å²) in [6.07, 6.45) is 0. The number of nitrogens with zero attached hydrogens (tertiary/aromatic N) is 1. The number of rotatable bonds is 5. The second-order valence-electron chi connectivity index (χ2n) is 6.42. The summed E-state index contributed by atoms with van der Waals surface area (Å²) in [5.41, 5.74) is 0. The smallest absolute Gasteiger partial charge is 0.199 e. The molecule has 0 aliphatic heterocycles. The number of likely N-dealkylation sites (N-methyl/N-ethyl adjacent to an activating group) is 1. The fourth-order valence-corrected chi connectivity index (χ4v) is 1.99. The summed E-state index contributed by atoms with van der Waals surface area (Å²) in [4.78, 5) is 0. The first-order chi connectivity index (χ1) is 6.52. The van der Waals surface area contributed by atoms with Gasteiger partial charge in [0.05, 0.1) is 20.7 Å². The highest BCUT2D eigenvalue weighted by molar-refractivity contribution is 6.74. The van der Waals surface area contributed by atoms with Gasteiger partial charge in [0.1, 0.15) is 6.54 Å². The maximum Gasteiger partial charge on any atom is 0.199 e. The quantitative estimate of drug-likeness (QED) is 0.448. The van der Waals surface area contributed by atoms with E-state index in [-0.39, 0.29) is 11.6 Å². The van der Waals surface area contributed by atoms with Crippen molar-refractivity contribution in [3.05, 3.63) is 0 Å². The van der Waals surface area contributed by atoms with Crippen molar-refractivity contribution in [2.45, 2.75) is 38.9 Å². The summed E-state index contributed by atoms with van der Waals surface area (Å²) < 4.78 is 6.84. The van der Waals surface area contributed by atoms with E-state index in [1.165, 1.54) is 0 Å². The topological polar surface area (TPSA) is 29.5 Å². The first-order valence-electron chi connectivity index (χ1n) is 5.59. The molecule has 0 unspecified atom stereocenters. The van der Waals surface area contributed by atoms with Gasteiger partial charge in [-0.1, -0.05) is 20.8 Å². The van der Waals surface area contributed by atoms with E-state index in [0.717, 1.165) is 11.0 Å². The minimum Gasteiger partial charge on any atom is -0.391 e. The summed E-state index contributed by atoms with van der Waals surface area (Å²) in [7, 11) is 2.53. The summed E-state index contributed by atoms with van der Waals surface area (Å²) >= 11 is 0. The lowest BCUT2D eigenvalue weighted by Crippen LogP contribution is -2.50. The van der Waals surface area contributed by atoms with Gasteiger partial charge < -0.3 is 14.0 Å². The molecule has 0 aliphatic rings. The highest BCUT2D eigenvalue weighted by atomic mass is 28.4. The lowest BCUT2D eigenvalue weighted by Gasteiger charge is -2.39. The van der Waals surface area contributed by atoms with Gasteiger partial charge in [0.25, 0.3) is 0 Å². The van der Waals surface area contributed by atoms with Gasteiger partial charge in [0.2, 0.25) is 0 Å². The maximum atomic E-state index is 8.93. The van der Waals surface area contributed by atoms with Crippen LogP contribution >= 0.6 is 0 Å². The van der Waals surface area contributed by atoms with Crippen LogP contribution in [0, 0.1) is 0 Å². The summed E-state index contributed by atoms with van der Waals surface area (Å²) in [5.74, 6) is 0. The number of quaternary nitrogens is 1. The fraction of sp³-hybridized carbons (Fsp3) is 1.00. The van der Waals surface area contributed by atoms with Crippen molar-refractivity contribution in [3.63, 3.8) is 0 Å². The van der Waals surface area contributed by atoms with E-state index >= 15 is 0 Å². The molecule has 0 aromatic rings. The van der Waals surface area contributed by atoms with Crippen molar-refractivity contribution in [2.75, 3.05) is 34.0 Å². The molecule has 0 heterocycles. The minimum atomic E-state index is -1.64. The van der Waals surface area contributed by atoms with Crippen LogP contribution in [0.2, 0.25) is 18.1 Å². The Hall–Kier alpha value is 0.0969. The Morgan fingerprint density at radius 2 is 1.67 bits per heavy atom. The highest BCUT2D eigenvalue weighted by Gasteiger charge is 2.38. The van der Waals surface area contributed by atoms with Gasteiger partial charge in [-0.3, -0.25) is 0 Å². The Morgan fingerprint density at radius 1 is 1.20 bits per heavy atom. The predicted octanol–water partition coefficient (Wildman–Crippen LogP) is 2.03. The van der Waals surface area contributed by atoms with E-state index in [0.29, 0.717) is 6.73 Å². The zero-order chi connectivity index (χ0) is 12.3. The lowest BCUT2D eigenvalue weighted by molar-refractivity contribution is -0.906. The maximum absolute atomic E-state index is 8.93. The highest BCUT2D eigenvalue weighted by Crippen LogP contribution is 2.36. The van der Waals surface area contributed by atoms with Crippen LogP contribution in [0.4, 0.5) is 0 Å². The van der Waals surface area contributed by atoms with Crippen LogP contribution in [0.5, 0.6) is 0 Å². The van der Waals surface area contributed by atoms with Crippen LogP contribution in [-0.2, 0) is 4.43 Å². The van der Waals surface area contributed by atoms with Crippen LogP contribution in [0.15, 0.2) is 0 Å². The molecule has 0 rings (SSSR count). The Balaban J connectivity index is 4.26. The van der Waals surface area contributed by atoms with E-state index in [2.05, 4.69) is 48.0 Å². The van der Waals surface area contributed by atoms with Gasteiger partial charge in [-0.15, -0.1) is 0 Å². The summed E-state index contributed by atoms with van der Waals surface area (Å²) in [5, 5.41) is 9.19. The molecule has 92 valence electrons. The van der Waals surface area contributed by atoms with Gasteiger partial charge in [0, 0.05) is 0 Å². The van der Waals surface area contributed by atoms with Crippen molar-refractivity contribution in [3.8, 4) is 0 Å². The van der Waals surface area contributed by atoms with E-state index in [4.69, 9.17) is 9.53 Å². The van der Waals surface area contributed by atoms with Crippen LogP contribution in [0.1, 0.15) is 20.8 Å². The monoisotopic (exact) mass is 234 g/mol. The summed E-state index contributed by atoms with van der Waals surface area (Å²) in [6, 6.07) is 0. The average molecular weight is 234 g/mol. The Labute approximate surface area is 95.8 Å². The van der Waals surface area contributed by atoms with Crippen molar-refractivity contribution < 1.29 is 14.0 Å². The van der Waals surface area contributed by atoms with Crippen molar-refractivity contribution in [1.82, 2.24) is 0 Å². The second kappa shape index (κ2) is 4.95. The fourth-order valence-electron chi connectivity index (χ4n) is 0.888. The molecule has 0 atom stereocenters. The van der Waals surface area contributed by atoms with Gasteiger partial charge in [0.15, 0.2) is 15.0 Å². The van der Waals surface area contributed by atoms with Crippen molar-refractivity contribution in [2.24, 2.45) is 0 Å².